The third kappa shape index (κ3) is 4.08. The maximum absolute atomic E-state index is 6.03. The third-order valence-electron chi connectivity index (χ3n) is 4.79. The molecule has 1 aromatic rings. The standard InChI is InChI=1S/C19H31NO/c1-6-15-7-9-16(10-8-15)12-20-17-11-18(19(17,4)5)21-13-14(2)3/h7-10,14,17-18,20H,6,11-13H2,1-5H3. The Morgan fingerprint density at radius 3 is 2.33 bits per heavy atom. The van der Waals surface area contributed by atoms with E-state index in [9.17, 15) is 0 Å². The van der Waals surface area contributed by atoms with Crippen LogP contribution in [0, 0.1) is 11.3 Å². The van der Waals surface area contributed by atoms with E-state index in [1.807, 2.05) is 0 Å². The van der Waals surface area contributed by atoms with Gasteiger partial charge >= 0.3 is 0 Å². The molecular weight excluding hydrogens is 258 g/mol. The van der Waals surface area contributed by atoms with E-state index in [4.69, 9.17) is 4.74 Å². The molecule has 118 valence electrons. The van der Waals surface area contributed by atoms with Crippen molar-refractivity contribution in [2.45, 2.75) is 66.2 Å². The Kier molecular flexibility index (Phi) is 5.45. The Balaban J connectivity index is 1.79. The van der Waals surface area contributed by atoms with Crippen LogP contribution in [-0.4, -0.2) is 18.8 Å². The van der Waals surface area contributed by atoms with Crippen molar-refractivity contribution in [2.24, 2.45) is 11.3 Å². The van der Waals surface area contributed by atoms with Crippen molar-refractivity contribution < 1.29 is 4.74 Å². The Hall–Kier alpha value is -0.860. The predicted molar refractivity (Wildman–Crippen MR) is 89.4 cm³/mol. The van der Waals surface area contributed by atoms with Crippen LogP contribution in [-0.2, 0) is 17.7 Å². The van der Waals surface area contributed by atoms with Gasteiger partial charge in [-0.2, -0.15) is 0 Å². The summed E-state index contributed by atoms with van der Waals surface area (Å²) in [6.07, 6.45) is 2.64. The minimum atomic E-state index is 0.234. The molecule has 1 saturated carbocycles. The fraction of sp³-hybridized carbons (Fsp3) is 0.684. The van der Waals surface area contributed by atoms with E-state index in [2.05, 4.69) is 64.2 Å². The Morgan fingerprint density at radius 1 is 1.19 bits per heavy atom. The molecule has 0 bridgehead atoms. The quantitative estimate of drug-likeness (QED) is 0.813. The number of nitrogens with one attached hydrogen (secondary N) is 1. The maximum Gasteiger partial charge on any atom is 0.0656 e. The van der Waals surface area contributed by atoms with Crippen molar-refractivity contribution in [3.05, 3.63) is 35.4 Å². The molecule has 0 saturated heterocycles. The molecule has 1 aliphatic carbocycles. The SMILES string of the molecule is CCc1ccc(CNC2CC(OCC(C)C)C2(C)C)cc1. The number of ether oxygens (including phenoxy) is 1. The van der Waals surface area contributed by atoms with E-state index in [0.29, 0.717) is 18.1 Å². The van der Waals surface area contributed by atoms with Crippen LogP contribution in [0.25, 0.3) is 0 Å². The molecule has 0 aliphatic heterocycles. The second-order valence-corrected chi connectivity index (χ2v) is 7.38. The summed E-state index contributed by atoms with van der Waals surface area (Å²) >= 11 is 0. The highest BCUT2D eigenvalue weighted by Gasteiger charge is 2.48. The van der Waals surface area contributed by atoms with Crippen molar-refractivity contribution in [3.8, 4) is 0 Å². The van der Waals surface area contributed by atoms with Crippen LogP contribution in [0.5, 0.6) is 0 Å². The maximum atomic E-state index is 6.03. The molecule has 2 nitrogen and oxygen atoms in total. The van der Waals surface area contributed by atoms with Crippen molar-refractivity contribution >= 4 is 0 Å². The average Bonchev–Trinajstić information content (AvgIpc) is 2.46. The fourth-order valence-electron chi connectivity index (χ4n) is 2.96. The Bertz CT molecular complexity index is 435. The van der Waals surface area contributed by atoms with Crippen LogP contribution < -0.4 is 5.32 Å². The van der Waals surface area contributed by atoms with Gasteiger partial charge in [-0.25, -0.2) is 0 Å². The monoisotopic (exact) mass is 289 g/mol. The molecule has 1 N–H and O–H groups in total. The lowest BCUT2D eigenvalue weighted by atomic mass is 9.64. The van der Waals surface area contributed by atoms with Gasteiger partial charge in [-0.05, 0) is 29.9 Å². The summed E-state index contributed by atoms with van der Waals surface area (Å²) < 4.78 is 6.03. The summed E-state index contributed by atoms with van der Waals surface area (Å²) in [5, 5.41) is 3.70. The lowest BCUT2D eigenvalue weighted by molar-refractivity contribution is -0.124. The van der Waals surface area contributed by atoms with Crippen LogP contribution in [0.1, 0.15) is 52.2 Å². The average molecular weight is 289 g/mol. The summed E-state index contributed by atoms with van der Waals surface area (Å²) in [7, 11) is 0. The van der Waals surface area contributed by atoms with Crippen LogP contribution in [0.15, 0.2) is 24.3 Å². The Labute approximate surface area is 130 Å². The molecule has 2 heteroatoms. The minimum Gasteiger partial charge on any atom is -0.377 e. The van der Waals surface area contributed by atoms with Crippen LogP contribution in [0.3, 0.4) is 0 Å². The Morgan fingerprint density at radius 2 is 1.81 bits per heavy atom. The molecule has 2 unspecified atom stereocenters. The number of aryl methyl sites for hydroxylation is 1. The minimum absolute atomic E-state index is 0.234. The van der Waals surface area contributed by atoms with E-state index < -0.39 is 0 Å². The van der Waals surface area contributed by atoms with Crippen molar-refractivity contribution in [3.63, 3.8) is 0 Å². The van der Waals surface area contributed by atoms with E-state index >= 15 is 0 Å². The van der Waals surface area contributed by atoms with Crippen molar-refractivity contribution in [1.29, 1.82) is 0 Å². The molecule has 0 heterocycles. The zero-order valence-corrected chi connectivity index (χ0v) is 14.3. The smallest absolute Gasteiger partial charge is 0.0656 e. The highest BCUT2D eigenvalue weighted by molar-refractivity contribution is 5.22. The largest absolute Gasteiger partial charge is 0.377 e. The lowest BCUT2D eigenvalue weighted by Gasteiger charge is -2.52. The van der Waals surface area contributed by atoms with E-state index in [1.165, 1.54) is 11.1 Å². The second-order valence-electron chi connectivity index (χ2n) is 7.38. The number of rotatable bonds is 7. The molecule has 0 amide bonds. The van der Waals surface area contributed by atoms with Crippen LogP contribution in [0.2, 0.25) is 0 Å². The van der Waals surface area contributed by atoms with Gasteiger partial charge in [0, 0.05) is 24.6 Å². The first kappa shape index (κ1) is 16.5. The topological polar surface area (TPSA) is 21.3 Å². The van der Waals surface area contributed by atoms with E-state index in [-0.39, 0.29) is 5.41 Å². The molecule has 0 spiro atoms. The van der Waals surface area contributed by atoms with Gasteiger partial charge in [0.25, 0.3) is 0 Å². The summed E-state index contributed by atoms with van der Waals surface area (Å²) in [5.41, 5.74) is 3.01. The lowest BCUT2D eigenvalue weighted by Crippen LogP contribution is -2.60. The molecule has 1 fully saturated rings. The summed E-state index contributed by atoms with van der Waals surface area (Å²) in [4.78, 5) is 0. The van der Waals surface area contributed by atoms with Crippen LogP contribution in [0.4, 0.5) is 0 Å². The van der Waals surface area contributed by atoms with Gasteiger partial charge in [0.15, 0.2) is 0 Å². The number of benzene rings is 1. The first-order chi connectivity index (χ1) is 9.93. The summed E-state index contributed by atoms with van der Waals surface area (Å²) in [6, 6.07) is 9.50. The molecule has 2 rings (SSSR count). The molecule has 0 radical (unpaired) electrons. The van der Waals surface area contributed by atoms with Gasteiger partial charge in [0.2, 0.25) is 0 Å². The number of hydrogen-bond donors (Lipinski definition) is 1. The zero-order chi connectivity index (χ0) is 15.5. The molecule has 0 aromatic heterocycles. The van der Waals surface area contributed by atoms with Gasteiger partial charge in [-0.1, -0.05) is 58.9 Å². The van der Waals surface area contributed by atoms with Crippen molar-refractivity contribution in [1.82, 2.24) is 5.32 Å². The third-order valence-corrected chi connectivity index (χ3v) is 4.79. The molecule has 21 heavy (non-hydrogen) atoms. The summed E-state index contributed by atoms with van der Waals surface area (Å²) in [5.74, 6) is 0.616. The molecular formula is C19H31NO. The summed E-state index contributed by atoms with van der Waals surface area (Å²) in [6.45, 7) is 13.1. The second kappa shape index (κ2) is 6.93. The van der Waals surface area contributed by atoms with Gasteiger partial charge in [0.05, 0.1) is 6.10 Å². The predicted octanol–water partition coefficient (Wildman–Crippen LogP) is 4.18. The first-order valence-corrected chi connectivity index (χ1v) is 8.36. The zero-order valence-electron chi connectivity index (χ0n) is 14.3. The fourth-order valence-corrected chi connectivity index (χ4v) is 2.96. The molecule has 2 atom stereocenters. The number of hydrogen-bond acceptors (Lipinski definition) is 2. The first-order valence-electron chi connectivity index (χ1n) is 8.36. The molecule has 1 aliphatic rings. The van der Waals surface area contributed by atoms with Crippen LogP contribution >= 0.6 is 0 Å². The van der Waals surface area contributed by atoms with E-state index in [0.717, 1.165) is 26.0 Å². The van der Waals surface area contributed by atoms with E-state index in [1.54, 1.807) is 0 Å². The van der Waals surface area contributed by atoms with Gasteiger partial charge in [0.1, 0.15) is 0 Å². The highest BCUT2D eigenvalue weighted by atomic mass is 16.5. The molecule has 1 aromatic carbocycles. The van der Waals surface area contributed by atoms with Gasteiger partial charge < -0.3 is 10.1 Å². The highest BCUT2D eigenvalue weighted by Crippen LogP contribution is 2.43. The van der Waals surface area contributed by atoms with Gasteiger partial charge in [-0.3, -0.25) is 0 Å². The van der Waals surface area contributed by atoms with Gasteiger partial charge in [-0.15, -0.1) is 0 Å². The van der Waals surface area contributed by atoms with Crippen molar-refractivity contribution in [2.75, 3.05) is 6.61 Å². The normalized spacial score (nSPS) is 24.1.